The number of ether oxygens (including phenoxy) is 1. The van der Waals surface area contributed by atoms with Gasteiger partial charge in [-0.2, -0.15) is 0 Å². The van der Waals surface area contributed by atoms with E-state index in [4.69, 9.17) is 17.0 Å². The highest BCUT2D eigenvalue weighted by atomic mass is 32.1. The summed E-state index contributed by atoms with van der Waals surface area (Å²) in [5.74, 6) is 0.799. The molecular weight excluding hydrogens is 344 g/mol. The molecular formula is C20H20N4OS. The average molecular weight is 364 g/mol. The standard InChI is InChI=1S/C20H20N4OS/c1-13-9-10-17(22-13)19-18(16-8-3-4-11-21-16)23-20(26)24(19)14-6-5-7-15(12-14)25-2/h3-12,18-19,22H,1-2H3,(H,23,26)/t18-,19+/m1/s1. The number of nitrogens with one attached hydrogen (secondary N) is 2. The van der Waals surface area contributed by atoms with Gasteiger partial charge in [-0.05, 0) is 55.5 Å². The van der Waals surface area contributed by atoms with Crippen molar-refractivity contribution in [1.29, 1.82) is 0 Å². The lowest BCUT2D eigenvalue weighted by molar-refractivity contribution is 0.414. The van der Waals surface area contributed by atoms with E-state index in [0.29, 0.717) is 5.11 Å². The third-order valence-corrected chi connectivity index (χ3v) is 4.92. The molecule has 2 atom stereocenters. The molecule has 2 N–H and O–H groups in total. The molecule has 1 aliphatic rings. The van der Waals surface area contributed by atoms with Gasteiger partial charge in [0.05, 0.1) is 18.8 Å². The van der Waals surface area contributed by atoms with Crippen molar-refractivity contribution in [1.82, 2.24) is 15.3 Å². The molecule has 0 aliphatic carbocycles. The third kappa shape index (κ3) is 2.93. The van der Waals surface area contributed by atoms with E-state index in [9.17, 15) is 0 Å². The topological polar surface area (TPSA) is 53.2 Å². The summed E-state index contributed by atoms with van der Waals surface area (Å²) in [6.07, 6.45) is 1.81. The second-order valence-electron chi connectivity index (χ2n) is 6.29. The number of H-pyrrole nitrogens is 1. The number of hydrogen-bond acceptors (Lipinski definition) is 3. The Kier molecular flexibility index (Phi) is 4.34. The van der Waals surface area contributed by atoms with E-state index in [1.807, 2.05) is 48.7 Å². The summed E-state index contributed by atoms with van der Waals surface area (Å²) in [4.78, 5) is 10.1. The Balaban J connectivity index is 1.82. The smallest absolute Gasteiger partial charge is 0.174 e. The second-order valence-corrected chi connectivity index (χ2v) is 6.68. The van der Waals surface area contributed by atoms with Gasteiger partial charge in [-0.1, -0.05) is 12.1 Å². The summed E-state index contributed by atoms with van der Waals surface area (Å²) in [6, 6.07) is 18.0. The number of aromatic nitrogens is 2. The summed E-state index contributed by atoms with van der Waals surface area (Å²) in [5, 5.41) is 4.12. The lowest BCUT2D eigenvalue weighted by Crippen LogP contribution is -2.29. The molecule has 1 fully saturated rings. The van der Waals surface area contributed by atoms with E-state index in [1.165, 1.54) is 0 Å². The predicted molar refractivity (Wildman–Crippen MR) is 106 cm³/mol. The van der Waals surface area contributed by atoms with Gasteiger partial charge in [-0.15, -0.1) is 0 Å². The van der Waals surface area contributed by atoms with Crippen molar-refractivity contribution in [3.63, 3.8) is 0 Å². The highest BCUT2D eigenvalue weighted by Crippen LogP contribution is 2.41. The monoisotopic (exact) mass is 364 g/mol. The normalized spacial score (nSPS) is 19.5. The highest BCUT2D eigenvalue weighted by Gasteiger charge is 2.41. The molecule has 3 aromatic rings. The number of aryl methyl sites for hydroxylation is 1. The van der Waals surface area contributed by atoms with Crippen LogP contribution in [0.5, 0.6) is 5.75 Å². The van der Waals surface area contributed by atoms with Crippen LogP contribution in [0.4, 0.5) is 5.69 Å². The highest BCUT2D eigenvalue weighted by molar-refractivity contribution is 7.80. The van der Waals surface area contributed by atoms with Gasteiger partial charge in [0.15, 0.2) is 5.11 Å². The first-order valence-corrected chi connectivity index (χ1v) is 8.88. The van der Waals surface area contributed by atoms with Crippen LogP contribution in [0, 0.1) is 6.92 Å². The van der Waals surface area contributed by atoms with Crippen molar-refractivity contribution in [3.8, 4) is 5.75 Å². The first-order chi connectivity index (χ1) is 12.7. The van der Waals surface area contributed by atoms with Crippen molar-refractivity contribution < 1.29 is 4.74 Å². The molecule has 0 radical (unpaired) electrons. The molecule has 6 heteroatoms. The molecule has 26 heavy (non-hydrogen) atoms. The largest absolute Gasteiger partial charge is 0.497 e. The number of aromatic amines is 1. The maximum atomic E-state index is 5.70. The molecule has 0 unspecified atom stereocenters. The van der Waals surface area contributed by atoms with E-state index < -0.39 is 0 Å². The van der Waals surface area contributed by atoms with E-state index in [2.05, 4.69) is 39.2 Å². The van der Waals surface area contributed by atoms with Gasteiger partial charge < -0.3 is 19.9 Å². The van der Waals surface area contributed by atoms with Crippen LogP contribution in [-0.4, -0.2) is 22.2 Å². The molecule has 0 amide bonds. The zero-order valence-electron chi connectivity index (χ0n) is 14.6. The molecule has 5 nitrogen and oxygen atoms in total. The quantitative estimate of drug-likeness (QED) is 0.688. The molecule has 2 aromatic heterocycles. The first-order valence-electron chi connectivity index (χ1n) is 8.47. The van der Waals surface area contributed by atoms with Crippen LogP contribution >= 0.6 is 12.2 Å². The zero-order chi connectivity index (χ0) is 18.1. The minimum absolute atomic E-state index is 0.0294. The number of hydrogen-bond donors (Lipinski definition) is 2. The summed E-state index contributed by atoms with van der Waals surface area (Å²) < 4.78 is 5.40. The summed E-state index contributed by atoms with van der Waals surface area (Å²) in [5.41, 5.74) is 4.14. The predicted octanol–water partition coefficient (Wildman–Crippen LogP) is 3.90. The van der Waals surface area contributed by atoms with Crippen molar-refractivity contribution in [2.75, 3.05) is 12.0 Å². The Morgan fingerprint density at radius 1 is 1.12 bits per heavy atom. The number of methoxy groups -OCH3 is 1. The van der Waals surface area contributed by atoms with Crippen LogP contribution in [0.25, 0.3) is 0 Å². The summed E-state index contributed by atoms with van der Waals surface area (Å²) >= 11 is 5.70. The Bertz CT molecular complexity index is 924. The Hall–Kier alpha value is -2.86. The number of anilines is 1. The van der Waals surface area contributed by atoms with Gasteiger partial charge in [-0.25, -0.2) is 0 Å². The van der Waals surface area contributed by atoms with Crippen LogP contribution in [0.3, 0.4) is 0 Å². The van der Waals surface area contributed by atoms with Gasteiger partial charge in [-0.3, -0.25) is 4.98 Å². The van der Waals surface area contributed by atoms with Gasteiger partial charge in [0, 0.05) is 29.3 Å². The minimum Gasteiger partial charge on any atom is -0.497 e. The molecule has 0 bridgehead atoms. The van der Waals surface area contributed by atoms with Crippen LogP contribution < -0.4 is 15.0 Å². The van der Waals surface area contributed by atoms with Gasteiger partial charge in [0.2, 0.25) is 0 Å². The summed E-state index contributed by atoms with van der Waals surface area (Å²) in [6.45, 7) is 2.05. The molecule has 1 aliphatic heterocycles. The number of nitrogens with zero attached hydrogens (tertiary/aromatic N) is 2. The Morgan fingerprint density at radius 2 is 2.00 bits per heavy atom. The van der Waals surface area contributed by atoms with Crippen LogP contribution in [-0.2, 0) is 0 Å². The SMILES string of the molecule is COc1cccc(N2C(=S)N[C@H](c3ccccn3)[C@@H]2c2ccc(C)[nH]2)c1. The van der Waals surface area contributed by atoms with Gasteiger partial charge in [0.25, 0.3) is 0 Å². The van der Waals surface area contributed by atoms with E-state index in [0.717, 1.165) is 28.5 Å². The summed E-state index contributed by atoms with van der Waals surface area (Å²) in [7, 11) is 1.67. The first kappa shape index (κ1) is 16.6. The maximum Gasteiger partial charge on any atom is 0.174 e. The fourth-order valence-corrected chi connectivity index (χ4v) is 3.75. The molecule has 132 valence electrons. The third-order valence-electron chi connectivity index (χ3n) is 4.60. The lowest BCUT2D eigenvalue weighted by Gasteiger charge is -2.27. The van der Waals surface area contributed by atoms with Gasteiger partial charge >= 0.3 is 0 Å². The van der Waals surface area contributed by atoms with Crippen LogP contribution in [0.15, 0.2) is 60.8 Å². The number of thiocarbonyl (C=S) groups is 1. The zero-order valence-corrected chi connectivity index (χ0v) is 15.5. The fourth-order valence-electron chi connectivity index (χ4n) is 3.41. The second kappa shape index (κ2) is 6.80. The van der Waals surface area contributed by atoms with Crippen molar-refractivity contribution in [2.45, 2.75) is 19.0 Å². The minimum atomic E-state index is -0.0482. The Morgan fingerprint density at radius 3 is 2.69 bits per heavy atom. The number of pyridine rings is 1. The average Bonchev–Trinajstić information content (AvgIpc) is 3.25. The number of rotatable bonds is 4. The Labute approximate surface area is 158 Å². The fraction of sp³-hybridized carbons (Fsp3) is 0.200. The van der Waals surface area contributed by atoms with E-state index in [-0.39, 0.29) is 12.1 Å². The van der Waals surface area contributed by atoms with Crippen molar-refractivity contribution in [3.05, 3.63) is 77.9 Å². The van der Waals surface area contributed by atoms with Gasteiger partial charge in [0.1, 0.15) is 11.8 Å². The lowest BCUT2D eigenvalue weighted by atomic mass is 10.0. The van der Waals surface area contributed by atoms with Crippen molar-refractivity contribution >= 4 is 23.0 Å². The molecule has 0 spiro atoms. The van der Waals surface area contributed by atoms with Crippen molar-refractivity contribution in [2.24, 2.45) is 0 Å². The molecule has 1 saturated heterocycles. The molecule has 0 saturated carbocycles. The molecule has 3 heterocycles. The van der Waals surface area contributed by atoms with E-state index >= 15 is 0 Å². The molecule has 1 aromatic carbocycles. The molecule has 4 rings (SSSR count). The van der Waals surface area contributed by atoms with E-state index in [1.54, 1.807) is 7.11 Å². The van der Waals surface area contributed by atoms with Crippen LogP contribution in [0.2, 0.25) is 0 Å². The van der Waals surface area contributed by atoms with Crippen LogP contribution in [0.1, 0.15) is 29.2 Å². The maximum absolute atomic E-state index is 5.70. The number of benzene rings is 1.